The smallest absolute Gasteiger partial charge is 0.136 e. The molecule has 0 bridgehead atoms. The largest absolute Gasteiger partial charge is 0.232 e. The summed E-state index contributed by atoms with van der Waals surface area (Å²) in [4.78, 5) is 10.1. The molecule has 168 valence electrons. The van der Waals surface area contributed by atoms with E-state index in [9.17, 15) is 0 Å². The van der Waals surface area contributed by atoms with Gasteiger partial charge in [-0.25, -0.2) is 9.97 Å². The monoisotopic (exact) mass is 514 g/mol. The fourth-order valence-corrected chi connectivity index (χ4v) is 5.12. The van der Waals surface area contributed by atoms with Gasteiger partial charge in [0.05, 0.1) is 11.4 Å². The van der Waals surface area contributed by atoms with Crippen LogP contribution in [0, 0.1) is 0 Å². The number of hydrogen-bond acceptors (Lipinski definition) is 2. The summed E-state index contributed by atoms with van der Waals surface area (Å²) in [6.45, 7) is 0. The Labute approximate surface area is 213 Å². The molecule has 1 unspecified atom stereocenters. The van der Waals surface area contributed by atoms with Crippen molar-refractivity contribution in [3.63, 3.8) is 0 Å². The van der Waals surface area contributed by atoms with E-state index in [0.29, 0.717) is 0 Å². The predicted octanol–water partition coefficient (Wildman–Crippen LogP) is 8.99. The van der Waals surface area contributed by atoms with Gasteiger partial charge in [0, 0.05) is 21.5 Å². The van der Waals surface area contributed by atoms with Crippen molar-refractivity contribution in [1.29, 1.82) is 0 Å². The predicted molar refractivity (Wildman–Crippen MR) is 149 cm³/mol. The average molecular weight is 515 g/mol. The van der Waals surface area contributed by atoms with E-state index >= 15 is 0 Å². The van der Waals surface area contributed by atoms with Crippen LogP contribution in [-0.4, -0.2) is 9.97 Å². The van der Waals surface area contributed by atoms with Gasteiger partial charge in [-0.15, -0.1) is 0 Å². The molecule has 5 aromatic rings. The number of halogens is 1. The SMILES string of the molecule is Brc1ccc(-c2cc(-c3ccc(-c4ccccc4)cc3)nc(C3C=CC=CC3)n2)c2ccccc12. The highest BCUT2D eigenvalue weighted by atomic mass is 79.9. The van der Waals surface area contributed by atoms with E-state index in [-0.39, 0.29) is 5.92 Å². The Hall–Kier alpha value is -3.82. The Bertz CT molecular complexity index is 1570. The molecule has 0 radical (unpaired) electrons. The molecule has 4 aromatic carbocycles. The minimum absolute atomic E-state index is 0.170. The van der Waals surface area contributed by atoms with Crippen molar-refractivity contribution in [2.45, 2.75) is 12.3 Å². The minimum atomic E-state index is 0.170. The highest BCUT2D eigenvalue weighted by molar-refractivity contribution is 9.10. The molecule has 6 rings (SSSR count). The van der Waals surface area contributed by atoms with Crippen LogP contribution >= 0.6 is 15.9 Å². The average Bonchev–Trinajstić information content (AvgIpc) is 2.94. The van der Waals surface area contributed by atoms with Crippen molar-refractivity contribution in [3.8, 4) is 33.6 Å². The molecule has 1 aromatic heterocycles. The molecule has 0 N–H and O–H groups in total. The molecule has 1 heterocycles. The van der Waals surface area contributed by atoms with Crippen molar-refractivity contribution in [2.24, 2.45) is 0 Å². The maximum Gasteiger partial charge on any atom is 0.136 e. The Morgan fingerprint density at radius 2 is 1.31 bits per heavy atom. The summed E-state index contributed by atoms with van der Waals surface area (Å²) in [7, 11) is 0. The Kier molecular flexibility index (Phi) is 5.85. The molecule has 1 atom stereocenters. The van der Waals surface area contributed by atoms with Crippen molar-refractivity contribution >= 4 is 26.7 Å². The number of fused-ring (bicyclic) bond motifs is 1. The summed E-state index contributed by atoms with van der Waals surface area (Å²) in [6, 6.07) is 34.0. The molecule has 1 aliphatic rings. The molecule has 0 aliphatic heterocycles. The zero-order valence-electron chi connectivity index (χ0n) is 19.1. The Morgan fingerprint density at radius 3 is 2.09 bits per heavy atom. The fourth-order valence-electron chi connectivity index (χ4n) is 4.64. The van der Waals surface area contributed by atoms with Gasteiger partial charge in [-0.05, 0) is 40.5 Å². The van der Waals surface area contributed by atoms with Crippen LogP contribution in [0.4, 0.5) is 0 Å². The quantitative estimate of drug-likeness (QED) is 0.239. The van der Waals surface area contributed by atoms with Crippen LogP contribution in [0.25, 0.3) is 44.4 Å². The molecule has 0 spiro atoms. The molecule has 0 saturated heterocycles. The lowest BCUT2D eigenvalue weighted by Crippen LogP contribution is -2.05. The molecule has 1 aliphatic carbocycles. The van der Waals surface area contributed by atoms with Gasteiger partial charge in [-0.3, -0.25) is 0 Å². The second-order valence-electron chi connectivity index (χ2n) is 8.74. The summed E-state index contributed by atoms with van der Waals surface area (Å²) >= 11 is 3.71. The third-order valence-electron chi connectivity index (χ3n) is 6.49. The first kappa shape index (κ1) is 21.7. The van der Waals surface area contributed by atoms with Gasteiger partial charge < -0.3 is 0 Å². The molecule has 0 fully saturated rings. The number of nitrogens with zero attached hydrogens (tertiary/aromatic N) is 2. The standard InChI is InChI=1S/C32H23BrN2/c33-29-20-19-28(26-13-7-8-14-27(26)29)31-21-30(34-32(35-31)25-11-5-2-6-12-25)24-17-15-23(16-18-24)22-9-3-1-4-10-22/h1-11,13-21,25H,12H2. The van der Waals surface area contributed by atoms with E-state index in [1.165, 1.54) is 21.9 Å². The van der Waals surface area contributed by atoms with Gasteiger partial charge in [-0.2, -0.15) is 0 Å². The van der Waals surface area contributed by atoms with Crippen molar-refractivity contribution in [1.82, 2.24) is 9.97 Å². The summed E-state index contributed by atoms with van der Waals surface area (Å²) in [5.41, 5.74) is 6.51. The van der Waals surface area contributed by atoms with Gasteiger partial charge in [0.25, 0.3) is 0 Å². The molecule has 2 nitrogen and oxygen atoms in total. The van der Waals surface area contributed by atoms with Crippen LogP contribution in [0.1, 0.15) is 18.2 Å². The summed E-state index contributed by atoms with van der Waals surface area (Å²) in [5, 5.41) is 2.36. The number of allylic oxidation sites excluding steroid dienone is 4. The Balaban J connectivity index is 1.49. The maximum absolute atomic E-state index is 5.09. The molecule has 3 heteroatoms. The fraction of sp³-hybridized carbons (Fsp3) is 0.0625. The first-order valence-corrected chi connectivity index (χ1v) is 12.6. The highest BCUT2D eigenvalue weighted by Gasteiger charge is 2.17. The number of aromatic nitrogens is 2. The number of hydrogen-bond donors (Lipinski definition) is 0. The van der Waals surface area contributed by atoms with E-state index < -0.39 is 0 Å². The van der Waals surface area contributed by atoms with Crippen molar-refractivity contribution in [2.75, 3.05) is 0 Å². The lowest BCUT2D eigenvalue weighted by molar-refractivity contribution is 0.775. The van der Waals surface area contributed by atoms with Crippen LogP contribution < -0.4 is 0 Å². The first-order chi connectivity index (χ1) is 17.3. The van der Waals surface area contributed by atoms with Crippen molar-refractivity contribution < 1.29 is 0 Å². The van der Waals surface area contributed by atoms with Crippen LogP contribution in [0.3, 0.4) is 0 Å². The molecular weight excluding hydrogens is 492 g/mol. The lowest BCUT2D eigenvalue weighted by Gasteiger charge is -2.16. The second-order valence-corrected chi connectivity index (χ2v) is 9.59. The van der Waals surface area contributed by atoms with Crippen molar-refractivity contribution in [3.05, 3.63) is 132 Å². The zero-order valence-corrected chi connectivity index (χ0v) is 20.7. The van der Waals surface area contributed by atoms with E-state index in [2.05, 4.69) is 131 Å². The summed E-state index contributed by atoms with van der Waals surface area (Å²) < 4.78 is 1.09. The number of rotatable bonds is 4. The third-order valence-corrected chi connectivity index (χ3v) is 7.18. The minimum Gasteiger partial charge on any atom is -0.232 e. The lowest BCUT2D eigenvalue weighted by atomic mass is 9.97. The van der Waals surface area contributed by atoms with Crippen LogP contribution in [0.15, 0.2) is 126 Å². The molecule has 35 heavy (non-hydrogen) atoms. The molecular formula is C32H23BrN2. The third kappa shape index (κ3) is 4.36. The maximum atomic E-state index is 5.09. The Morgan fingerprint density at radius 1 is 0.629 bits per heavy atom. The van der Waals surface area contributed by atoms with Crippen LogP contribution in [0.2, 0.25) is 0 Å². The first-order valence-electron chi connectivity index (χ1n) is 11.8. The molecule has 0 amide bonds. The zero-order chi connectivity index (χ0) is 23.6. The van der Waals surface area contributed by atoms with Gasteiger partial charge in [0.2, 0.25) is 0 Å². The van der Waals surface area contributed by atoms with Crippen LogP contribution in [-0.2, 0) is 0 Å². The normalized spacial score (nSPS) is 14.9. The van der Waals surface area contributed by atoms with E-state index in [0.717, 1.165) is 39.2 Å². The highest BCUT2D eigenvalue weighted by Crippen LogP contribution is 2.35. The van der Waals surface area contributed by atoms with E-state index in [4.69, 9.17) is 9.97 Å². The summed E-state index contributed by atoms with van der Waals surface area (Å²) in [6.07, 6.45) is 9.47. The van der Waals surface area contributed by atoms with Gasteiger partial charge in [0.15, 0.2) is 0 Å². The second kappa shape index (κ2) is 9.44. The van der Waals surface area contributed by atoms with Gasteiger partial charge in [0.1, 0.15) is 5.82 Å². The van der Waals surface area contributed by atoms with Gasteiger partial charge >= 0.3 is 0 Å². The van der Waals surface area contributed by atoms with E-state index in [1.807, 2.05) is 6.07 Å². The van der Waals surface area contributed by atoms with E-state index in [1.54, 1.807) is 0 Å². The molecule has 0 saturated carbocycles. The van der Waals surface area contributed by atoms with Gasteiger partial charge in [-0.1, -0.05) is 125 Å². The number of benzene rings is 4. The van der Waals surface area contributed by atoms with Crippen LogP contribution in [0.5, 0.6) is 0 Å². The topological polar surface area (TPSA) is 25.8 Å². The summed E-state index contributed by atoms with van der Waals surface area (Å²) in [5.74, 6) is 1.03.